The number of benzene rings is 1. The smallest absolute Gasteiger partial charge is 0.271 e. The quantitative estimate of drug-likeness (QED) is 0.907. The lowest BCUT2D eigenvalue weighted by molar-refractivity contribution is 0.0957. The van der Waals surface area contributed by atoms with Crippen molar-refractivity contribution in [1.82, 2.24) is 15.1 Å². The van der Waals surface area contributed by atoms with E-state index in [1.807, 2.05) is 25.1 Å². The Kier molecular flexibility index (Phi) is 4.01. The molecule has 5 nitrogen and oxygen atoms in total. The summed E-state index contributed by atoms with van der Waals surface area (Å²) in [5, 5.41) is 6.77. The molecule has 1 atom stereocenters. The van der Waals surface area contributed by atoms with Crippen LogP contribution in [0.2, 0.25) is 0 Å². The number of hydrogen-bond acceptors (Lipinski definition) is 3. The Morgan fingerprint density at radius 1 is 1.47 bits per heavy atom. The van der Waals surface area contributed by atoms with Gasteiger partial charge < -0.3 is 11.1 Å². The van der Waals surface area contributed by atoms with Crippen LogP contribution in [0.15, 0.2) is 34.9 Å². The van der Waals surface area contributed by atoms with Crippen molar-refractivity contribution < 1.29 is 4.79 Å². The van der Waals surface area contributed by atoms with Crippen molar-refractivity contribution in [2.45, 2.75) is 13.0 Å². The first-order valence-corrected chi connectivity index (χ1v) is 6.65. The maximum atomic E-state index is 11.5. The molecular formula is C13H15BrN4O. The number of hydrogen-bond donors (Lipinski definition) is 2. The zero-order chi connectivity index (χ0) is 14.0. The molecule has 3 N–H and O–H groups in total. The van der Waals surface area contributed by atoms with Crippen molar-refractivity contribution in [3.8, 4) is 5.69 Å². The molecule has 100 valence electrons. The van der Waals surface area contributed by atoms with E-state index in [1.165, 1.54) is 0 Å². The molecule has 1 aromatic heterocycles. The highest BCUT2D eigenvalue weighted by molar-refractivity contribution is 9.10. The van der Waals surface area contributed by atoms with Gasteiger partial charge in [-0.3, -0.25) is 4.79 Å². The molecule has 0 bridgehead atoms. The van der Waals surface area contributed by atoms with E-state index < -0.39 is 0 Å². The largest absolute Gasteiger partial charge is 0.354 e. The molecule has 1 amide bonds. The highest BCUT2D eigenvalue weighted by Crippen LogP contribution is 2.24. The summed E-state index contributed by atoms with van der Waals surface area (Å²) in [6.45, 7) is 1.93. The molecule has 1 heterocycles. The summed E-state index contributed by atoms with van der Waals surface area (Å²) >= 11 is 3.50. The van der Waals surface area contributed by atoms with Gasteiger partial charge in [0.25, 0.3) is 5.91 Å². The van der Waals surface area contributed by atoms with Gasteiger partial charge in [-0.05, 0) is 46.6 Å². The summed E-state index contributed by atoms with van der Waals surface area (Å²) in [7, 11) is 1.58. The van der Waals surface area contributed by atoms with Crippen molar-refractivity contribution in [3.63, 3.8) is 0 Å². The minimum absolute atomic E-state index is 0.0237. The lowest BCUT2D eigenvalue weighted by Crippen LogP contribution is -2.18. The molecule has 2 aromatic rings. The van der Waals surface area contributed by atoms with Gasteiger partial charge in [-0.1, -0.05) is 6.07 Å². The van der Waals surface area contributed by atoms with E-state index >= 15 is 0 Å². The van der Waals surface area contributed by atoms with Crippen LogP contribution in [0.5, 0.6) is 0 Å². The molecule has 0 saturated carbocycles. The number of carbonyl (C=O) groups excluding carboxylic acids is 1. The molecule has 6 heteroatoms. The zero-order valence-corrected chi connectivity index (χ0v) is 12.3. The van der Waals surface area contributed by atoms with Gasteiger partial charge in [-0.15, -0.1) is 0 Å². The number of aromatic nitrogens is 2. The predicted molar refractivity (Wildman–Crippen MR) is 77.3 cm³/mol. The number of nitrogens with one attached hydrogen (secondary N) is 1. The Morgan fingerprint density at radius 3 is 2.79 bits per heavy atom. The molecule has 0 spiro atoms. The standard InChI is InChI=1S/C13H15BrN4O/c1-8(15)9-3-4-12(10(14)7-9)18-6-5-11(17-18)13(19)16-2/h3-8H,15H2,1-2H3,(H,16,19)/t8-/m1/s1. The number of amides is 1. The van der Waals surface area contributed by atoms with Crippen LogP contribution < -0.4 is 11.1 Å². The van der Waals surface area contributed by atoms with Crippen LogP contribution in [0, 0.1) is 0 Å². The first-order chi connectivity index (χ1) is 9.02. The van der Waals surface area contributed by atoms with Crippen LogP contribution in [0.3, 0.4) is 0 Å². The first kappa shape index (κ1) is 13.8. The molecule has 2 rings (SSSR count). The molecule has 0 aliphatic rings. The van der Waals surface area contributed by atoms with Crippen LogP contribution in [-0.2, 0) is 0 Å². The summed E-state index contributed by atoms with van der Waals surface area (Å²) in [5.41, 5.74) is 8.11. The highest BCUT2D eigenvalue weighted by Gasteiger charge is 2.11. The summed E-state index contributed by atoms with van der Waals surface area (Å²) < 4.78 is 2.54. The van der Waals surface area contributed by atoms with Gasteiger partial charge in [0, 0.05) is 23.8 Å². The Hall–Kier alpha value is -1.66. The molecule has 0 radical (unpaired) electrons. The van der Waals surface area contributed by atoms with E-state index in [4.69, 9.17) is 5.73 Å². The van der Waals surface area contributed by atoms with Crippen molar-refractivity contribution in [2.24, 2.45) is 5.73 Å². The van der Waals surface area contributed by atoms with E-state index in [1.54, 1.807) is 24.0 Å². The van der Waals surface area contributed by atoms with E-state index in [0.717, 1.165) is 15.7 Å². The van der Waals surface area contributed by atoms with Crippen molar-refractivity contribution in [2.75, 3.05) is 7.05 Å². The number of rotatable bonds is 3. The van der Waals surface area contributed by atoms with Crippen LogP contribution >= 0.6 is 15.9 Å². The van der Waals surface area contributed by atoms with Gasteiger partial charge in [0.1, 0.15) is 0 Å². The van der Waals surface area contributed by atoms with E-state index in [9.17, 15) is 4.79 Å². The topological polar surface area (TPSA) is 72.9 Å². The van der Waals surface area contributed by atoms with Gasteiger partial charge in [-0.2, -0.15) is 5.10 Å². The lowest BCUT2D eigenvalue weighted by atomic mass is 10.1. The number of carbonyl (C=O) groups is 1. The number of nitrogens with two attached hydrogens (primary N) is 1. The second-order valence-corrected chi connectivity index (χ2v) is 5.08. The Labute approximate surface area is 119 Å². The number of halogens is 1. The van der Waals surface area contributed by atoms with Crippen molar-refractivity contribution >= 4 is 21.8 Å². The third-order valence-corrected chi connectivity index (χ3v) is 3.43. The van der Waals surface area contributed by atoms with Crippen LogP contribution in [0.1, 0.15) is 29.0 Å². The predicted octanol–water partition coefficient (Wildman–Crippen LogP) is 2.01. The summed E-state index contributed by atoms with van der Waals surface area (Å²) in [5.74, 6) is -0.206. The van der Waals surface area contributed by atoms with Gasteiger partial charge in [-0.25, -0.2) is 4.68 Å². The molecule has 0 aliphatic carbocycles. The van der Waals surface area contributed by atoms with Gasteiger partial charge >= 0.3 is 0 Å². The van der Waals surface area contributed by atoms with E-state index in [0.29, 0.717) is 5.69 Å². The van der Waals surface area contributed by atoms with Crippen molar-refractivity contribution in [1.29, 1.82) is 0 Å². The van der Waals surface area contributed by atoms with Crippen LogP contribution in [0.25, 0.3) is 5.69 Å². The Bertz CT molecular complexity index is 606. The van der Waals surface area contributed by atoms with Crippen LogP contribution in [-0.4, -0.2) is 22.7 Å². The van der Waals surface area contributed by atoms with Gasteiger partial charge in [0.05, 0.1) is 5.69 Å². The Balaban J connectivity index is 2.37. The molecule has 19 heavy (non-hydrogen) atoms. The third-order valence-electron chi connectivity index (χ3n) is 2.79. The lowest BCUT2D eigenvalue weighted by Gasteiger charge is -2.09. The SMILES string of the molecule is CNC(=O)c1ccn(-c2ccc([C@@H](C)N)cc2Br)n1. The monoisotopic (exact) mass is 322 g/mol. The fourth-order valence-electron chi connectivity index (χ4n) is 1.70. The van der Waals surface area contributed by atoms with Crippen LogP contribution in [0.4, 0.5) is 0 Å². The highest BCUT2D eigenvalue weighted by atomic mass is 79.9. The fourth-order valence-corrected chi connectivity index (χ4v) is 2.28. The molecule has 0 aliphatic heterocycles. The number of nitrogens with zero attached hydrogens (tertiary/aromatic N) is 2. The Morgan fingerprint density at radius 2 is 2.21 bits per heavy atom. The second-order valence-electron chi connectivity index (χ2n) is 4.22. The van der Waals surface area contributed by atoms with Gasteiger partial charge in [0.15, 0.2) is 5.69 Å². The summed E-state index contributed by atoms with van der Waals surface area (Å²) in [4.78, 5) is 11.5. The minimum Gasteiger partial charge on any atom is -0.354 e. The third kappa shape index (κ3) is 2.85. The maximum Gasteiger partial charge on any atom is 0.271 e. The first-order valence-electron chi connectivity index (χ1n) is 5.86. The zero-order valence-electron chi connectivity index (χ0n) is 10.7. The maximum absolute atomic E-state index is 11.5. The minimum atomic E-state index is -0.206. The van der Waals surface area contributed by atoms with Crippen molar-refractivity contribution in [3.05, 3.63) is 46.2 Å². The normalized spacial score (nSPS) is 12.2. The molecule has 0 fully saturated rings. The summed E-state index contributed by atoms with van der Waals surface area (Å²) in [6, 6.07) is 7.48. The average Bonchev–Trinajstić information content (AvgIpc) is 2.87. The summed E-state index contributed by atoms with van der Waals surface area (Å²) in [6.07, 6.45) is 1.75. The molecule has 1 aromatic carbocycles. The molecule has 0 saturated heterocycles. The molecular weight excluding hydrogens is 308 g/mol. The second kappa shape index (κ2) is 5.54. The fraction of sp³-hybridized carbons (Fsp3) is 0.231. The van der Waals surface area contributed by atoms with E-state index in [-0.39, 0.29) is 11.9 Å². The average molecular weight is 323 g/mol. The molecule has 0 unspecified atom stereocenters. The van der Waals surface area contributed by atoms with Gasteiger partial charge in [0.2, 0.25) is 0 Å². The van der Waals surface area contributed by atoms with E-state index in [2.05, 4.69) is 26.3 Å².